The number of aryl methyl sites for hydroxylation is 1. The Balaban J connectivity index is 1.44. The molecule has 1 saturated heterocycles. The quantitative estimate of drug-likeness (QED) is 0.499. The summed E-state index contributed by atoms with van der Waals surface area (Å²) in [5.41, 5.74) is 2.93. The summed E-state index contributed by atoms with van der Waals surface area (Å²) in [6.07, 6.45) is 3.59. The number of nitrogens with one attached hydrogen (secondary N) is 3. The molecular formula is C23H27N5O2. The van der Waals surface area contributed by atoms with Crippen LogP contribution in [0.5, 0.6) is 5.75 Å². The van der Waals surface area contributed by atoms with Crippen molar-refractivity contribution in [1.82, 2.24) is 20.3 Å². The lowest BCUT2D eigenvalue weighted by molar-refractivity contribution is 0.413. The van der Waals surface area contributed by atoms with E-state index in [1.807, 2.05) is 30.3 Å². The minimum Gasteiger partial charge on any atom is -0.497 e. The van der Waals surface area contributed by atoms with Crippen LogP contribution >= 0.6 is 0 Å². The fraction of sp³-hybridized carbons (Fsp3) is 0.348. The molecule has 0 aliphatic carbocycles. The lowest BCUT2D eigenvalue weighted by Crippen LogP contribution is -2.19. The van der Waals surface area contributed by atoms with E-state index in [2.05, 4.69) is 32.7 Å². The molecule has 0 bridgehead atoms. The molecule has 4 rings (SSSR count). The number of hydrogen-bond donors (Lipinski definition) is 3. The number of aromatic amines is 1. The number of rotatable bonds is 8. The lowest BCUT2D eigenvalue weighted by Gasteiger charge is -2.19. The van der Waals surface area contributed by atoms with Crippen molar-refractivity contribution in [3.63, 3.8) is 0 Å². The second-order valence-corrected chi connectivity index (χ2v) is 7.52. The largest absolute Gasteiger partial charge is 0.497 e. The van der Waals surface area contributed by atoms with Crippen LogP contribution in [0.1, 0.15) is 35.2 Å². The maximum Gasteiger partial charge on any atom is 0.252 e. The Kier molecular flexibility index (Phi) is 6.39. The molecule has 2 aromatic heterocycles. The van der Waals surface area contributed by atoms with Gasteiger partial charge in [0.1, 0.15) is 5.75 Å². The number of ether oxygens (including phenoxy) is 1. The number of nitrogens with zero attached hydrogens (tertiary/aromatic N) is 2. The minimum absolute atomic E-state index is 0.133. The van der Waals surface area contributed by atoms with Crippen LogP contribution in [0.3, 0.4) is 0 Å². The Bertz CT molecular complexity index is 1020. The Morgan fingerprint density at radius 3 is 2.87 bits per heavy atom. The first-order valence-electron chi connectivity index (χ1n) is 10.3. The second kappa shape index (κ2) is 9.54. The van der Waals surface area contributed by atoms with Gasteiger partial charge < -0.3 is 15.4 Å². The fourth-order valence-electron chi connectivity index (χ4n) is 3.98. The van der Waals surface area contributed by atoms with E-state index in [1.165, 1.54) is 5.56 Å². The molecule has 3 N–H and O–H groups in total. The molecule has 0 amide bonds. The van der Waals surface area contributed by atoms with Gasteiger partial charge in [-0.05, 0) is 42.7 Å². The van der Waals surface area contributed by atoms with E-state index in [4.69, 9.17) is 9.72 Å². The van der Waals surface area contributed by atoms with Crippen LogP contribution in [0, 0.1) is 0 Å². The predicted octanol–water partition coefficient (Wildman–Crippen LogP) is 2.69. The van der Waals surface area contributed by atoms with Crippen LogP contribution < -0.4 is 20.9 Å². The summed E-state index contributed by atoms with van der Waals surface area (Å²) in [4.78, 5) is 24.1. The molecule has 0 saturated carbocycles. The van der Waals surface area contributed by atoms with Gasteiger partial charge in [0.05, 0.1) is 12.8 Å². The number of benzene rings is 1. The lowest BCUT2D eigenvalue weighted by atomic mass is 9.86. The number of anilines is 1. The monoisotopic (exact) mass is 405 g/mol. The molecule has 1 aliphatic heterocycles. The average molecular weight is 406 g/mol. The van der Waals surface area contributed by atoms with Gasteiger partial charge in [-0.1, -0.05) is 18.2 Å². The Labute approximate surface area is 175 Å². The van der Waals surface area contributed by atoms with Gasteiger partial charge in [-0.3, -0.25) is 14.8 Å². The maximum atomic E-state index is 12.3. The first-order valence-corrected chi connectivity index (χ1v) is 10.3. The number of pyridine rings is 1. The molecule has 30 heavy (non-hydrogen) atoms. The van der Waals surface area contributed by atoms with E-state index in [0.29, 0.717) is 12.5 Å². The fourth-order valence-corrected chi connectivity index (χ4v) is 3.98. The molecule has 3 heterocycles. The topological polar surface area (TPSA) is 91.9 Å². The average Bonchev–Trinajstić information content (AvgIpc) is 3.27. The second-order valence-electron chi connectivity index (χ2n) is 7.52. The van der Waals surface area contributed by atoms with Crippen molar-refractivity contribution in [2.45, 2.75) is 24.7 Å². The number of H-pyrrole nitrogens is 1. The van der Waals surface area contributed by atoms with Gasteiger partial charge in [-0.2, -0.15) is 0 Å². The third-order valence-corrected chi connectivity index (χ3v) is 5.51. The molecule has 1 aliphatic rings. The Morgan fingerprint density at radius 2 is 2.03 bits per heavy atom. The van der Waals surface area contributed by atoms with Gasteiger partial charge in [0.25, 0.3) is 5.56 Å². The molecule has 1 aromatic carbocycles. The summed E-state index contributed by atoms with van der Waals surface area (Å²) in [5, 5.41) is 6.70. The zero-order valence-electron chi connectivity index (χ0n) is 17.1. The number of methoxy groups -OCH3 is 1. The first-order chi connectivity index (χ1) is 14.7. The molecule has 0 radical (unpaired) electrons. The molecule has 0 unspecified atom stereocenters. The Morgan fingerprint density at radius 1 is 1.13 bits per heavy atom. The third-order valence-electron chi connectivity index (χ3n) is 5.51. The minimum atomic E-state index is -0.136. The normalized spacial score (nSPS) is 18.3. The van der Waals surface area contributed by atoms with E-state index >= 15 is 0 Å². The maximum absolute atomic E-state index is 12.3. The van der Waals surface area contributed by atoms with Crippen molar-refractivity contribution in [3.05, 3.63) is 82.0 Å². The van der Waals surface area contributed by atoms with Gasteiger partial charge in [-0.25, -0.2) is 4.98 Å². The highest BCUT2D eigenvalue weighted by Gasteiger charge is 2.31. The van der Waals surface area contributed by atoms with Crippen molar-refractivity contribution in [1.29, 1.82) is 0 Å². The van der Waals surface area contributed by atoms with Gasteiger partial charge >= 0.3 is 0 Å². The van der Waals surface area contributed by atoms with Gasteiger partial charge in [-0.15, -0.1) is 0 Å². The highest BCUT2D eigenvalue weighted by Crippen LogP contribution is 2.36. The molecule has 2 atom stereocenters. The molecule has 7 nitrogen and oxygen atoms in total. The molecule has 1 fully saturated rings. The summed E-state index contributed by atoms with van der Waals surface area (Å²) < 4.78 is 5.37. The molecule has 156 valence electrons. The van der Waals surface area contributed by atoms with E-state index in [-0.39, 0.29) is 17.4 Å². The molecule has 0 spiro atoms. The zero-order valence-corrected chi connectivity index (χ0v) is 17.1. The van der Waals surface area contributed by atoms with Crippen LogP contribution in [0.2, 0.25) is 0 Å². The highest BCUT2D eigenvalue weighted by atomic mass is 16.5. The molecular weight excluding hydrogens is 378 g/mol. The summed E-state index contributed by atoms with van der Waals surface area (Å²) >= 11 is 0. The van der Waals surface area contributed by atoms with Crippen molar-refractivity contribution in [2.24, 2.45) is 0 Å². The SMILES string of the molecule is COc1cccc([C@@H]2CNC[C@H]2c2cc(=O)[nH]c(NCCCc3ccccn3)n2)c1. The van der Waals surface area contributed by atoms with E-state index in [0.717, 1.165) is 43.1 Å². The van der Waals surface area contributed by atoms with Crippen LogP contribution in [-0.2, 0) is 6.42 Å². The summed E-state index contributed by atoms with van der Waals surface area (Å²) in [7, 11) is 1.67. The molecule has 7 heteroatoms. The number of hydrogen-bond acceptors (Lipinski definition) is 6. The smallest absolute Gasteiger partial charge is 0.252 e. The number of aromatic nitrogens is 3. The summed E-state index contributed by atoms with van der Waals surface area (Å²) in [6, 6.07) is 15.7. The van der Waals surface area contributed by atoms with Crippen LogP contribution in [0.15, 0.2) is 59.5 Å². The summed E-state index contributed by atoms with van der Waals surface area (Å²) in [6.45, 7) is 2.35. The molecule has 3 aromatic rings. The van der Waals surface area contributed by atoms with Crippen molar-refractivity contribution in [3.8, 4) is 5.75 Å². The Hall–Kier alpha value is -3.19. The summed E-state index contributed by atoms with van der Waals surface area (Å²) in [5.74, 6) is 1.74. The van der Waals surface area contributed by atoms with E-state index in [9.17, 15) is 4.79 Å². The van der Waals surface area contributed by atoms with Crippen molar-refractivity contribution < 1.29 is 4.74 Å². The van der Waals surface area contributed by atoms with E-state index in [1.54, 1.807) is 19.4 Å². The van der Waals surface area contributed by atoms with Gasteiger partial charge in [0.2, 0.25) is 5.95 Å². The third kappa shape index (κ3) is 4.86. The van der Waals surface area contributed by atoms with Gasteiger partial charge in [0, 0.05) is 49.4 Å². The van der Waals surface area contributed by atoms with Crippen LogP contribution in [0.4, 0.5) is 5.95 Å². The first kappa shape index (κ1) is 20.1. The van der Waals surface area contributed by atoms with Crippen LogP contribution in [-0.4, -0.2) is 41.7 Å². The van der Waals surface area contributed by atoms with Crippen molar-refractivity contribution >= 4 is 5.95 Å². The van der Waals surface area contributed by atoms with E-state index < -0.39 is 0 Å². The van der Waals surface area contributed by atoms with Crippen LogP contribution in [0.25, 0.3) is 0 Å². The predicted molar refractivity (Wildman–Crippen MR) is 117 cm³/mol. The zero-order chi connectivity index (χ0) is 20.8. The standard InChI is InChI=1S/C23H27N5O2/c1-30-18-9-4-6-16(12-18)19-14-24-15-20(19)21-13-22(29)28-23(27-21)26-11-5-8-17-7-2-3-10-25-17/h2-4,6-7,9-10,12-13,19-20,24H,5,8,11,14-15H2,1H3,(H2,26,27,28,29)/t19-,20+/m0/s1. The van der Waals surface area contributed by atoms with Gasteiger partial charge in [0.15, 0.2) is 0 Å². The van der Waals surface area contributed by atoms with Crippen molar-refractivity contribution in [2.75, 3.05) is 32.1 Å². The highest BCUT2D eigenvalue weighted by molar-refractivity contribution is 5.36.